The second-order valence-corrected chi connectivity index (χ2v) is 6.09. The fourth-order valence-corrected chi connectivity index (χ4v) is 3.50. The Bertz CT molecular complexity index is 686. The maximum absolute atomic E-state index is 12.7. The molecule has 0 saturated carbocycles. The van der Waals surface area contributed by atoms with E-state index >= 15 is 0 Å². The zero-order valence-corrected chi connectivity index (χ0v) is 15.1. The van der Waals surface area contributed by atoms with Crippen LogP contribution in [0.3, 0.4) is 0 Å². The molecule has 1 atom stereocenters. The molecule has 4 heterocycles. The van der Waals surface area contributed by atoms with Crippen LogP contribution in [0.4, 0.5) is 0 Å². The van der Waals surface area contributed by atoms with Crippen LogP contribution in [-0.4, -0.2) is 70.4 Å². The lowest BCUT2D eigenvalue weighted by Gasteiger charge is -2.32. The molecule has 132 valence electrons. The maximum Gasteiger partial charge on any atom is 0.255 e. The third kappa shape index (κ3) is 3.67. The monoisotopic (exact) mass is 371 g/mol. The van der Waals surface area contributed by atoms with Crippen molar-refractivity contribution in [3.63, 3.8) is 0 Å². The average Bonchev–Trinajstić information content (AvgIpc) is 3.23. The van der Waals surface area contributed by atoms with E-state index in [-0.39, 0.29) is 30.7 Å². The molecular weight excluding hydrogens is 349 g/mol. The molecule has 8 heteroatoms. The molecule has 1 unspecified atom stereocenters. The molecule has 1 N–H and O–H groups in total. The number of carbonyl (C=O) groups is 1. The van der Waals surface area contributed by atoms with E-state index in [1.807, 2.05) is 33.8 Å². The lowest BCUT2D eigenvalue weighted by atomic mass is 10.2. The van der Waals surface area contributed by atoms with Gasteiger partial charge in [-0.05, 0) is 18.6 Å². The zero-order valence-electron chi connectivity index (χ0n) is 13.4. The van der Waals surface area contributed by atoms with Gasteiger partial charge in [0.1, 0.15) is 5.65 Å². The summed E-state index contributed by atoms with van der Waals surface area (Å²) in [7, 11) is 0. The smallest absolute Gasteiger partial charge is 0.255 e. The number of amides is 1. The number of imidazole rings is 1. The van der Waals surface area contributed by atoms with E-state index in [1.165, 1.54) is 0 Å². The Balaban J connectivity index is 0.00000104. The van der Waals surface area contributed by atoms with Crippen LogP contribution in [0.15, 0.2) is 30.7 Å². The number of hydrogen-bond acceptors (Lipinski definition) is 4. The summed E-state index contributed by atoms with van der Waals surface area (Å²) in [6, 6.07) is 4.29. The molecule has 0 aromatic carbocycles. The number of piperazine rings is 1. The van der Waals surface area contributed by atoms with Crippen molar-refractivity contribution >= 4 is 36.4 Å². The summed E-state index contributed by atoms with van der Waals surface area (Å²) in [5.74, 6) is 0.133. The first-order chi connectivity index (χ1) is 10.8. The van der Waals surface area contributed by atoms with Gasteiger partial charge in [0, 0.05) is 63.9 Å². The maximum atomic E-state index is 12.7. The summed E-state index contributed by atoms with van der Waals surface area (Å²) in [4.78, 5) is 21.4. The Kier molecular flexibility index (Phi) is 6.46. The van der Waals surface area contributed by atoms with Gasteiger partial charge in [-0.25, -0.2) is 4.98 Å². The van der Waals surface area contributed by atoms with Crippen LogP contribution in [0.5, 0.6) is 0 Å². The SMILES string of the molecule is Cl.Cl.O=C(c1ccc2nccn2c1)N1CCC(N2CCNCC2)C1. The average molecular weight is 372 g/mol. The Morgan fingerprint density at radius 2 is 1.96 bits per heavy atom. The number of nitrogens with one attached hydrogen (secondary N) is 1. The fourth-order valence-electron chi connectivity index (χ4n) is 3.50. The molecule has 0 bridgehead atoms. The van der Waals surface area contributed by atoms with Gasteiger partial charge in [0.25, 0.3) is 5.91 Å². The Morgan fingerprint density at radius 1 is 1.17 bits per heavy atom. The van der Waals surface area contributed by atoms with Gasteiger partial charge < -0.3 is 14.6 Å². The lowest BCUT2D eigenvalue weighted by Crippen LogP contribution is -2.49. The number of nitrogens with zero attached hydrogens (tertiary/aromatic N) is 4. The van der Waals surface area contributed by atoms with Crippen molar-refractivity contribution in [1.82, 2.24) is 24.5 Å². The third-order valence-corrected chi connectivity index (χ3v) is 4.75. The highest BCUT2D eigenvalue weighted by molar-refractivity contribution is 5.94. The minimum Gasteiger partial charge on any atom is -0.337 e. The Morgan fingerprint density at radius 3 is 2.75 bits per heavy atom. The van der Waals surface area contributed by atoms with Crippen LogP contribution in [0.2, 0.25) is 0 Å². The van der Waals surface area contributed by atoms with Crippen LogP contribution in [0.1, 0.15) is 16.8 Å². The van der Waals surface area contributed by atoms with E-state index in [0.29, 0.717) is 6.04 Å². The lowest BCUT2D eigenvalue weighted by molar-refractivity contribution is 0.0773. The highest BCUT2D eigenvalue weighted by atomic mass is 35.5. The van der Waals surface area contributed by atoms with Crippen molar-refractivity contribution in [3.8, 4) is 0 Å². The number of aromatic nitrogens is 2. The number of likely N-dealkylation sites (tertiary alicyclic amines) is 1. The van der Waals surface area contributed by atoms with Gasteiger partial charge in [-0.2, -0.15) is 0 Å². The van der Waals surface area contributed by atoms with Gasteiger partial charge in [0.2, 0.25) is 0 Å². The van der Waals surface area contributed by atoms with Gasteiger partial charge in [-0.3, -0.25) is 9.69 Å². The number of pyridine rings is 1. The first-order valence-corrected chi connectivity index (χ1v) is 7.98. The molecule has 4 rings (SSSR count). The normalized spacial score (nSPS) is 21.3. The van der Waals surface area contributed by atoms with Crippen LogP contribution in [0, 0.1) is 0 Å². The minimum atomic E-state index is 0. The van der Waals surface area contributed by atoms with Crippen LogP contribution in [-0.2, 0) is 0 Å². The molecule has 2 aromatic heterocycles. The first kappa shape index (κ1) is 19.0. The number of fused-ring (bicyclic) bond motifs is 1. The molecule has 2 fully saturated rings. The highest BCUT2D eigenvalue weighted by Crippen LogP contribution is 2.19. The summed E-state index contributed by atoms with van der Waals surface area (Å²) >= 11 is 0. The quantitative estimate of drug-likeness (QED) is 0.864. The van der Waals surface area contributed by atoms with Crippen molar-refractivity contribution in [1.29, 1.82) is 0 Å². The van der Waals surface area contributed by atoms with Crippen LogP contribution in [0.25, 0.3) is 5.65 Å². The minimum absolute atomic E-state index is 0. The summed E-state index contributed by atoms with van der Waals surface area (Å²) < 4.78 is 1.90. The molecule has 0 aliphatic carbocycles. The highest BCUT2D eigenvalue weighted by Gasteiger charge is 2.31. The summed E-state index contributed by atoms with van der Waals surface area (Å²) in [5.41, 5.74) is 1.61. The molecule has 2 saturated heterocycles. The predicted molar refractivity (Wildman–Crippen MR) is 98.4 cm³/mol. The molecule has 0 spiro atoms. The first-order valence-electron chi connectivity index (χ1n) is 7.98. The van der Waals surface area contributed by atoms with Gasteiger partial charge >= 0.3 is 0 Å². The molecular formula is C16H23Cl2N5O. The van der Waals surface area contributed by atoms with Crippen molar-refractivity contribution < 1.29 is 4.79 Å². The summed E-state index contributed by atoms with van der Waals surface area (Å²) in [5, 5.41) is 3.38. The van der Waals surface area contributed by atoms with Gasteiger partial charge in [-0.15, -0.1) is 24.8 Å². The van der Waals surface area contributed by atoms with E-state index < -0.39 is 0 Å². The second-order valence-electron chi connectivity index (χ2n) is 6.09. The number of carbonyl (C=O) groups excluding carboxylic acids is 1. The molecule has 2 aliphatic rings. The van der Waals surface area contributed by atoms with Crippen molar-refractivity contribution in [2.45, 2.75) is 12.5 Å². The van der Waals surface area contributed by atoms with Gasteiger partial charge in [0.05, 0.1) is 5.56 Å². The molecule has 2 aliphatic heterocycles. The standard InChI is InChI=1S/C16H21N5O.2ClH/c22-16(13-1-2-15-18-6-10-20(15)11-13)21-7-3-14(12-21)19-8-4-17-5-9-19;;/h1-2,6,10-11,14,17H,3-5,7-9,12H2;2*1H. The van der Waals surface area contributed by atoms with E-state index in [4.69, 9.17) is 0 Å². The van der Waals surface area contributed by atoms with Crippen LogP contribution >= 0.6 is 24.8 Å². The summed E-state index contributed by atoms with van der Waals surface area (Å²) in [6.45, 7) is 6.00. The molecule has 6 nitrogen and oxygen atoms in total. The van der Waals surface area contributed by atoms with E-state index in [2.05, 4.69) is 15.2 Å². The number of hydrogen-bond donors (Lipinski definition) is 1. The molecule has 0 radical (unpaired) electrons. The fraction of sp³-hybridized carbons (Fsp3) is 0.500. The number of rotatable bonds is 2. The van der Waals surface area contributed by atoms with E-state index in [9.17, 15) is 4.79 Å². The Hall–Kier alpha value is -1.34. The second kappa shape index (κ2) is 8.16. The van der Waals surface area contributed by atoms with Crippen molar-refractivity contribution in [3.05, 3.63) is 36.3 Å². The van der Waals surface area contributed by atoms with Crippen LogP contribution < -0.4 is 5.32 Å². The topological polar surface area (TPSA) is 52.9 Å². The Labute approximate surface area is 154 Å². The van der Waals surface area contributed by atoms with E-state index in [0.717, 1.165) is 56.9 Å². The third-order valence-electron chi connectivity index (χ3n) is 4.75. The van der Waals surface area contributed by atoms with Crippen molar-refractivity contribution in [2.24, 2.45) is 0 Å². The van der Waals surface area contributed by atoms with E-state index in [1.54, 1.807) is 6.20 Å². The number of halogens is 2. The van der Waals surface area contributed by atoms with Gasteiger partial charge in [0.15, 0.2) is 0 Å². The molecule has 24 heavy (non-hydrogen) atoms. The molecule has 1 amide bonds. The largest absolute Gasteiger partial charge is 0.337 e. The summed E-state index contributed by atoms with van der Waals surface area (Å²) in [6.07, 6.45) is 6.58. The van der Waals surface area contributed by atoms with Crippen molar-refractivity contribution in [2.75, 3.05) is 39.3 Å². The zero-order chi connectivity index (χ0) is 14.9. The predicted octanol–water partition coefficient (Wildman–Crippen LogP) is 1.30. The van der Waals surface area contributed by atoms with Gasteiger partial charge in [-0.1, -0.05) is 0 Å². The molecule has 2 aromatic rings.